The van der Waals surface area contributed by atoms with E-state index in [0.717, 1.165) is 32.1 Å². The molecule has 0 aliphatic carbocycles. The van der Waals surface area contributed by atoms with Crippen LogP contribution in [0.25, 0.3) is 0 Å². The molecule has 0 N–H and O–H groups in total. The molecule has 0 fully saturated rings. The van der Waals surface area contributed by atoms with Gasteiger partial charge in [0.1, 0.15) is 0 Å². The summed E-state index contributed by atoms with van der Waals surface area (Å²) in [7, 11) is 0. The Morgan fingerprint density at radius 2 is 1.00 bits per heavy atom. The van der Waals surface area contributed by atoms with Crippen LogP contribution in [0.4, 0.5) is 0 Å². The number of benzene rings is 3. The summed E-state index contributed by atoms with van der Waals surface area (Å²) in [5, 5.41) is 0. The molecule has 0 amide bonds. The molecular formula is C29H32O2. The first-order valence-corrected chi connectivity index (χ1v) is 10.9. The van der Waals surface area contributed by atoms with E-state index in [2.05, 4.69) is 86.0 Å². The second-order valence-electron chi connectivity index (χ2n) is 7.74. The highest BCUT2D eigenvalue weighted by atomic mass is 16.7. The topological polar surface area (TPSA) is 18.5 Å². The van der Waals surface area contributed by atoms with E-state index < -0.39 is 0 Å². The van der Waals surface area contributed by atoms with Crippen molar-refractivity contribution in [3.8, 4) is 0 Å². The Morgan fingerprint density at radius 3 is 1.42 bits per heavy atom. The number of aryl methyl sites for hydroxylation is 1. The van der Waals surface area contributed by atoms with Gasteiger partial charge in [-0.3, -0.25) is 0 Å². The molecule has 3 aromatic rings. The van der Waals surface area contributed by atoms with Gasteiger partial charge in [-0.1, -0.05) is 85.5 Å². The van der Waals surface area contributed by atoms with Crippen LogP contribution in [0.2, 0.25) is 0 Å². The van der Waals surface area contributed by atoms with Crippen molar-refractivity contribution in [1.29, 1.82) is 0 Å². The lowest BCUT2D eigenvalue weighted by molar-refractivity contribution is -0.00945. The Balaban J connectivity index is 1.47. The van der Waals surface area contributed by atoms with Crippen LogP contribution < -0.4 is 0 Å². The lowest BCUT2D eigenvalue weighted by Crippen LogP contribution is -2.01. The Hall–Kier alpha value is -3.10. The minimum Gasteiger partial charge on any atom is -0.476 e. The summed E-state index contributed by atoms with van der Waals surface area (Å²) < 4.78 is 10.3. The van der Waals surface area contributed by atoms with Crippen molar-refractivity contribution in [3.05, 3.63) is 132 Å². The van der Waals surface area contributed by atoms with E-state index in [9.17, 15) is 0 Å². The van der Waals surface area contributed by atoms with Crippen molar-refractivity contribution in [2.24, 2.45) is 0 Å². The number of allylic oxidation sites excluding steroid dienone is 1. The van der Waals surface area contributed by atoms with Crippen molar-refractivity contribution in [3.63, 3.8) is 0 Å². The first kappa shape index (κ1) is 22.6. The predicted octanol–water partition coefficient (Wildman–Crippen LogP) is 6.66. The maximum Gasteiger partial charge on any atom is 0.188 e. The highest BCUT2D eigenvalue weighted by molar-refractivity contribution is 5.33. The standard InChI is InChI=1S/C29H32O2/c1-3-5-6-24-7-11-26(12-8-24)21-28-15-17-29(18-16-28)22-27-13-9-25(10-14-27)19-20-31-23-30-4-2/h3-4,7-18H,1-2,5-6,19-23H2. The molecule has 2 heteroatoms. The van der Waals surface area contributed by atoms with Crippen LogP contribution in [0.1, 0.15) is 39.8 Å². The minimum atomic E-state index is 0.263. The summed E-state index contributed by atoms with van der Waals surface area (Å²) in [4.78, 5) is 0. The molecule has 0 bridgehead atoms. The molecule has 0 unspecified atom stereocenters. The number of rotatable bonds is 13. The Kier molecular flexibility index (Phi) is 9.15. The molecule has 0 saturated carbocycles. The SMILES string of the molecule is C=CCCc1ccc(Cc2ccc(Cc3ccc(CCOCOC=C)cc3)cc2)cc1. The summed E-state index contributed by atoms with van der Waals surface area (Å²) in [5.41, 5.74) is 8.00. The maximum absolute atomic E-state index is 5.38. The summed E-state index contributed by atoms with van der Waals surface area (Å²) >= 11 is 0. The minimum absolute atomic E-state index is 0.263. The van der Waals surface area contributed by atoms with Crippen LogP contribution in [0.5, 0.6) is 0 Å². The van der Waals surface area contributed by atoms with Crippen LogP contribution in [0.3, 0.4) is 0 Å². The van der Waals surface area contributed by atoms with Crippen LogP contribution in [0.15, 0.2) is 98.3 Å². The van der Waals surface area contributed by atoms with E-state index >= 15 is 0 Å². The van der Waals surface area contributed by atoms with Gasteiger partial charge in [-0.05, 0) is 65.5 Å². The van der Waals surface area contributed by atoms with Gasteiger partial charge in [-0.2, -0.15) is 0 Å². The first-order chi connectivity index (χ1) is 15.3. The van der Waals surface area contributed by atoms with Crippen molar-refractivity contribution < 1.29 is 9.47 Å². The second-order valence-corrected chi connectivity index (χ2v) is 7.74. The van der Waals surface area contributed by atoms with Gasteiger partial charge in [0, 0.05) is 0 Å². The second kappa shape index (κ2) is 12.6. The highest BCUT2D eigenvalue weighted by Gasteiger charge is 2.01. The third-order valence-corrected chi connectivity index (χ3v) is 5.33. The molecule has 0 saturated heterocycles. The van der Waals surface area contributed by atoms with E-state index in [1.807, 2.05) is 6.08 Å². The fourth-order valence-electron chi connectivity index (χ4n) is 3.51. The van der Waals surface area contributed by atoms with Gasteiger partial charge in [-0.15, -0.1) is 6.58 Å². The summed E-state index contributed by atoms with van der Waals surface area (Å²) in [6.45, 7) is 8.19. The summed E-state index contributed by atoms with van der Waals surface area (Å²) in [6.07, 6.45) is 8.26. The smallest absolute Gasteiger partial charge is 0.188 e. The predicted molar refractivity (Wildman–Crippen MR) is 129 cm³/mol. The molecule has 31 heavy (non-hydrogen) atoms. The molecule has 0 spiro atoms. The van der Waals surface area contributed by atoms with Gasteiger partial charge in [0.05, 0.1) is 12.9 Å². The highest BCUT2D eigenvalue weighted by Crippen LogP contribution is 2.16. The average molecular weight is 413 g/mol. The third kappa shape index (κ3) is 7.92. The van der Waals surface area contributed by atoms with Gasteiger partial charge >= 0.3 is 0 Å². The third-order valence-electron chi connectivity index (χ3n) is 5.33. The Labute approximate surface area is 186 Å². The molecule has 0 heterocycles. The van der Waals surface area contributed by atoms with E-state index in [-0.39, 0.29) is 6.79 Å². The fourth-order valence-corrected chi connectivity index (χ4v) is 3.51. The van der Waals surface area contributed by atoms with Crippen LogP contribution in [-0.2, 0) is 35.2 Å². The molecule has 0 atom stereocenters. The van der Waals surface area contributed by atoms with Gasteiger partial charge in [-0.25, -0.2) is 0 Å². The van der Waals surface area contributed by atoms with Crippen LogP contribution in [0, 0.1) is 0 Å². The zero-order valence-electron chi connectivity index (χ0n) is 18.3. The van der Waals surface area contributed by atoms with Gasteiger partial charge in [0.15, 0.2) is 6.79 Å². The molecule has 3 aromatic carbocycles. The van der Waals surface area contributed by atoms with E-state index in [0.29, 0.717) is 6.61 Å². The quantitative estimate of drug-likeness (QED) is 0.135. The van der Waals surface area contributed by atoms with Crippen LogP contribution >= 0.6 is 0 Å². The first-order valence-electron chi connectivity index (χ1n) is 10.9. The molecule has 2 nitrogen and oxygen atoms in total. The monoisotopic (exact) mass is 412 g/mol. The van der Waals surface area contributed by atoms with Crippen molar-refractivity contribution in [1.82, 2.24) is 0 Å². The lowest BCUT2D eigenvalue weighted by Gasteiger charge is -2.08. The molecule has 0 aliphatic heterocycles. The number of hydrogen-bond donors (Lipinski definition) is 0. The van der Waals surface area contributed by atoms with Gasteiger partial charge in [0.2, 0.25) is 0 Å². The number of ether oxygens (including phenoxy) is 2. The van der Waals surface area contributed by atoms with E-state index in [1.165, 1.54) is 39.6 Å². The zero-order chi connectivity index (χ0) is 21.7. The Bertz CT molecular complexity index is 922. The van der Waals surface area contributed by atoms with Gasteiger partial charge < -0.3 is 9.47 Å². The molecule has 0 aromatic heterocycles. The van der Waals surface area contributed by atoms with E-state index in [4.69, 9.17) is 9.47 Å². The summed E-state index contributed by atoms with van der Waals surface area (Å²) in [6, 6.07) is 26.7. The van der Waals surface area contributed by atoms with Crippen molar-refractivity contribution >= 4 is 0 Å². The number of hydrogen-bond acceptors (Lipinski definition) is 2. The average Bonchev–Trinajstić information content (AvgIpc) is 2.81. The summed E-state index contributed by atoms with van der Waals surface area (Å²) in [5.74, 6) is 0. The maximum atomic E-state index is 5.38. The van der Waals surface area contributed by atoms with Crippen molar-refractivity contribution in [2.75, 3.05) is 13.4 Å². The van der Waals surface area contributed by atoms with E-state index in [1.54, 1.807) is 0 Å². The van der Waals surface area contributed by atoms with Crippen LogP contribution in [-0.4, -0.2) is 13.4 Å². The molecular weight excluding hydrogens is 380 g/mol. The normalized spacial score (nSPS) is 10.6. The van der Waals surface area contributed by atoms with Crippen molar-refractivity contribution in [2.45, 2.75) is 32.1 Å². The zero-order valence-corrected chi connectivity index (χ0v) is 18.3. The molecule has 3 rings (SSSR count). The molecule has 0 radical (unpaired) electrons. The lowest BCUT2D eigenvalue weighted by atomic mass is 9.98. The Morgan fingerprint density at radius 1 is 0.581 bits per heavy atom. The molecule has 0 aliphatic rings. The molecule has 160 valence electrons. The fraction of sp³-hybridized carbons (Fsp3) is 0.241. The largest absolute Gasteiger partial charge is 0.476 e. The van der Waals surface area contributed by atoms with Gasteiger partial charge in [0.25, 0.3) is 0 Å².